The summed E-state index contributed by atoms with van der Waals surface area (Å²) in [6.07, 6.45) is 2.10. The Morgan fingerprint density at radius 1 is 1.31 bits per heavy atom. The van der Waals surface area contributed by atoms with Gasteiger partial charge >= 0.3 is 0 Å². The normalized spacial score (nSPS) is 16.1. The molecule has 0 radical (unpaired) electrons. The maximum Gasteiger partial charge on any atom is 0.223 e. The van der Waals surface area contributed by atoms with Crippen LogP contribution in [0.2, 0.25) is 0 Å². The molecule has 3 N–H and O–H groups in total. The van der Waals surface area contributed by atoms with Gasteiger partial charge in [0.05, 0.1) is 0 Å². The Morgan fingerprint density at radius 3 is 2.44 bits per heavy atom. The van der Waals surface area contributed by atoms with Crippen molar-refractivity contribution in [2.45, 2.75) is 32.7 Å². The van der Waals surface area contributed by atoms with Crippen molar-refractivity contribution in [2.75, 3.05) is 20.1 Å². The van der Waals surface area contributed by atoms with Gasteiger partial charge in [0.15, 0.2) is 5.96 Å². The summed E-state index contributed by atoms with van der Waals surface area (Å²) >= 11 is 0. The van der Waals surface area contributed by atoms with Crippen LogP contribution >= 0.6 is 0 Å². The van der Waals surface area contributed by atoms with Crippen LogP contribution in [0.1, 0.15) is 26.7 Å². The predicted molar refractivity (Wildman–Crippen MR) is 65.4 cm³/mol. The third-order valence-electron chi connectivity index (χ3n) is 2.31. The van der Waals surface area contributed by atoms with Crippen LogP contribution in [-0.2, 0) is 4.79 Å². The van der Waals surface area contributed by atoms with Gasteiger partial charge in [0.1, 0.15) is 0 Å². The van der Waals surface area contributed by atoms with E-state index in [1.807, 2.05) is 0 Å². The average molecular weight is 226 g/mol. The molecule has 0 bridgehead atoms. The fourth-order valence-corrected chi connectivity index (χ4v) is 1.32. The molecule has 92 valence electrons. The minimum absolute atomic E-state index is 0.189. The number of hydrogen-bond acceptors (Lipinski definition) is 2. The molecule has 1 aliphatic carbocycles. The van der Waals surface area contributed by atoms with Crippen molar-refractivity contribution < 1.29 is 4.79 Å². The molecule has 1 saturated carbocycles. The van der Waals surface area contributed by atoms with E-state index in [4.69, 9.17) is 0 Å². The summed E-state index contributed by atoms with van der Waals surface area (Å²) in [6, 6.07) is 0.354. The average Bonchev–Trinajstić information content (AvgIpc) is 3.05. The molecule has 5 heteroatoms. The fraction of sp³-hybridized carbons (Fsp3) is 0.818. The van der Waals surface area contributed by atoms with Crippen LogP contribution in [-0.4, -0.2) is 38.0 Å². The fourth-order valence-electron chi connectivity index (χ4n) is 1.32. The second-order valence-corrected chi connectivity index (χ2v) is 4.36. The summed E-state index contributed by atoms with van der Waals surface area (Å²) in [4.78, 5) is 15.4. The third kappa shape index (κ3) is 5.00. The summed E-state index contributed by atoms with van der Waals surface area (Å²) in [5.41, 5.74) is 0. The van der Waals surface area contributed by atoms with E-state index in [9.17, 15) is 4.79 Å². The van der Waals surface area contributed by atoms with Gasteiger partial charge in [-0.2, -0.15) is 0 Å². The number of aliphatic imine (C=N–C) groups is 1. The van der Waals surface area contributed by atoms with Crippen molar-refractivity contribution in [1.29, 1.82) is 0 Å². The van der Waals surface area contributed by atoms with Gasteiger partial charge in [-0.25, -0.2) is 0 Å². The van der Waals surface area contributed by atoms with Crippen LogP contribution < -0.4 is 16.0 Å². The Balaban J connectivity index is 2.06. The number of amides is 1. The largest absolute Gasteiger partial charge is 0.355 e. The summed E-state index contributed by atoms with van der Waals surface area (Å²) in [7, 11) is 1.74. The van der Waals surface area contributed by atoms with E-state index in [1.54, 1.807) is 7.05 Å². The van der Waals surface area contributed by atoms with Crippen LogP contribution in [0.25, 0.3) is 0 Å². The van der Waals surface area contributed by atoms with Crippen LogP contribution in [0.5, 0.6) is 0 Å². The quantitative estimate of drug-likeness (QED) is 0.353. The number of nitrogens with one attached hydrogen (secondary N) is 3. The molecular weight excluding hydrogens is 204 g/mol. The summed E-state index contributed by atoms with van der Waals surface area (Å²) in [5.74, 6) is 1.25. The van der Waals surface area contributed by atoms with Crippen LogP contribution in [0, 0.1) is 5.92 Å². The van der Waals surface area contributed by atoms with Crippen LogP contribution in [0.4, 0.5) is 0 Å². The van der Waals surface area contributed by atoms with Crippen LogP contribution in [0.15, 0.2) is 4.99 Å². The van der Waals surface area contributed by atoms with Crippen LogP contribution in [0.3, 0.4) is 0 Å². The first-order chi connectivity index (χ1) is 7.63. The zero-order chi connectivity index (χ0) is 12.0. The highest BCUT2D eigenvalue weighted by Crippen LogP contribution is 2.28. The number of carbonyl (C=O) groups is 1. The lowest BCUT2D eigenvalue weighted by atomic mass is 10.4. The molecule has 5 nitrogen and oxygen atoms in total. The first kappa shape index (κ1) is 12.8. The summed E-state index contributed by atoms with van der Waals surface area (Å²) in [5, 5.41) is 9.21. The lowest BCUT2D eigenvalue weighted by molar-refractivity contribution is -0.122. The van der Waals surface area contributed by atoms with E-state index < -0.39 is 0 Å². The van der Waals surface area contributed by atoms with Crippen molar-refractivity contribution in [2.24, 2.45) is 10.9 Å². The predicted octanol–water partition coefficient (Wildman–Crippen LogP) is 0.0860. The summed E-state index contributed by atoms with van der Waals surface area (Å²) in [6.45, 7) is 5.46. The second-order valence-electron chi connectivity index (χ2n) is 4.36. The van der Waals surface area contributed by atoms with E-state index in [2.05, 4.69) is 34.8 Å². The molecule has 0 spiro atoms. The highest BCUT2D eigenvalue weighted by atomic mass is 16.2. The number of guanidine groups is 1. The molecule has 0 heterocycles. The van der Waals surface area contributed by atoms with E-state index >= 15 is 0 Å². The van der Waals surface area contributed by atoms with Crippen molar-refractivity contribution in [3.8, 4) is 0 Å². The highest BCUT2D eigenvalue weighted by Gasteiger charge is 2.28. The Bertz CT molecular complexity index is 259. The molecule has 16 heavy (non-hydrogen) atoms. The van der Waals surface area contributed by atoms with E-state index in [-0.39, 0.29) is 11.8 Å². The van der Waals surface area contributed by atoms with Crippen molar-refractivity contribution >= 4 is 11.9 Å². The smallest absolute Gasteiger partial charge is 0.223 e. The van der Waals surface area contributed by atoms with Gasteiger partial charge in [0, 0.05) is 32.1 Å². The second kappa shape index (κ2) is 6.35. The highest BCUT2D eigenvalue weighted by molar-refractivity contribution is 5.81. The van der Waals surface area contributed by atoms with Gasteiger partial charge in [0.25, 0.3) is 0 Å². The molecule has 0 unspecified atom stereocenters. The minimum Gasteiger partial charge on any atom is -0.355 e. The van der Waals surface area contributed by atoms with E-state index in [0.717, 1.165) is 18.8 Å². The number of rotatable bonds is 5. The van der Waals surface area contributed by atoms with Crippen molar-refractivity contribution in [1.82, 2.24) is 16.0 Å². The SMILES string of the molecule is CN=C(NCCNC(=O)C1CC1)NC(C)C. The van der Waals surface area contributed by atoms with Crippen molar-refractivity contribution in [3.05, 3.63) is 0 Å². The molecule has 0 aromatic heterocycles. The van der Waals surface area contributed by atoms with Gasteiger partial charge in [-0.3, -0.25) is 9.79 Å². The van der Waals surface area contributed by atoms with E-state index in [0.29, 0.717) is 19.1 Å². The molecule has 0 aromatic rings. The van der Waals surface area contributed by atoms with Crippen molar-refractivity contribution in [3.63, 3.8) is 0 Å². The standard InChI is InChI=1S/C11H22N4O/c1-8(2)15-11(12-3)14-7-6-13-10(16)9-4-5-9/h8-9H,4-7H2,1-3H3,(H,13,16)(H2,12,14,15). The van der Waals surface area contributed by atoms with E-state index in [1.165, 1.54) is 0 Å². The van der Waals surface area contributed by atoms with Gasteiger partial charge < -0.3 is 16.0 Å². The molecule has 0 aromatic carbocycles. The minimum atomic E-state index is 0.189. The zero-order valence-corrected chi connectivity index (χ0v) is 10.3. The van der Waals surface area contributed by atoms with Gasteiger partial charge in [-0.05, 0) is 26.7 Å². The maximum absolute atomic E-state index is 11.3. The molecule has 1 amide bonds. The molecule has 0 aliphatic heterocycles. The third-order valence-corrected chi connectivity index (χ3v) is 2.31. The number of hydrogen-bond donors (Lipinski definition) is 3. The number of nitrogens with zero attached hydrogens (tertiary/aromatic N) is 1. The molecule has 0 saturated heterocycles. The molecule has 1 fully saturated rings. The Hall–Kier alpha value is -1.26. The number of carbonyl (C=O) groups excluding carboxylic acids is 1. The Kier molecular flexibility index (Phi) is 5.08. The molecule has 1 rings (SSSR count). The first-order valence-electron chi connectivity index (χ1n) is 5.88. The zero-order valence-electron chi connectivity index (χ0n) is 10.3. The topological polar surface area (TPSA) is 65.5 Å². The van der Waals surface area contributed by atoms with Gasteiger partial charge in [0.2, 0.25) is 5.91 Å². The monoisotopic (exact) mass is 226 g/mol. The first-order valence-corrected chi connectivity index (χ1v) is 5.88. The lowest BCUT2D eigenvalue weighted by Crippen LogP contribution is -2.44. The molecular formula is C11H22N4O. The van der Waals surface area contributed by atoms with Gasteiger partial charge in [-0.15, -0.1) is 0 Å². The Labute approximate surface area is 97.1 Å². The van der Waals surface area contributed by atoms with Gasteiger partial charge in [-0.1, -0.05) is 0 Å². The molecule has 1 aliphatic rings. The molecule has 0 atom stereocenters. The maximum atomic E-state index is 11.3. The summed E-state index contributed by atoms with van der Waals surface area (Å²) < 4.78 is 0. The Morgan fingerprint density at radius 2 is 1.94 bits per heavy atom. The lowest BCUT2D eigenvalue weighted by Gasteiger charge is -2.14.